The van der Waals surface area contributed by atoms with Gasteiger partial charge in [0, 0.05) is 11.1 Å². The molecule has 21 heavy (non-hydrogen) atoms. The highest BCUT2D eigenvalue weighted by Crippen LogP contribution is 2.16. The van der Waals surface area contributed by atoms with Crippen LogP contribution in [0.15, 0.2) is 28.7 Å². The van der Waals surface area contributed by atoms with Crippen molar-refractivity contribution in [3.05, 3.63) is 34.3 Å². The van der Waals surface area contributed by atoms with E-state index in [0.717, 1.165) is 29.5 Å². The molecule has 1 aliphatic heterocycles. The largest absolute Gasteiger partial charge is 0.377 e. The predicted molar refractivity (Wildman–Crippen MR) is 84.2 cm³/mol. The number of halogens is 1. The molecule has 1 aliphatic rings. The van der Waals surface area contributed by atoms with Gasteiger partial charge in [-0.15, -0.1) is 0 Å². The minimum Gasteiger partial charge on any atom is -0.377 e. The summed E-state index contributed by atoms with van der Waals surface area (Å²) in [6, 6.07) is 8.06. The van der Waals surface area contributed by atoms with Crippen molar-refractivity contribution >= 4 is 15.9 Å². The first-order valence-electron chi connectivity index (χ1n) is 7.48. The lowest BCUT2D eigenvalue weighted by molar-refractivity contribution is -0.169. The molecule has 1 atom stereocenters. The Morgan fingerprint density at radius 1 is 1.05 bits per heavy atom. The van der Waals surface area contributed by atoms with Crippen LogP contribution < -0.4 is 0 Å². The molecule has 0 spiro atoms. The fourth-order valence-corrected chi connectivity index (χ4v) is 2.50. The summed E-state index contributed by atoms with van der Waals surface area (Å²) in [6.45, 7) is 3.74. The van der Waals surface area contributed by atoms with Gasteiger partial charge in [-0.05, 0) is 30.9 Å². The molecule has 1 aromatic carbocycles. The van der Waals surface area contributed by atoms with E-state index in [0.29, 0.717) is 33.0 Å². The molecule has 4 nitrogen and oxygen atoms in total. The molecule has 0 aromatic heterocycles. The fraction of sp³-hybridized carbons (Fsp3) is 0.625. The van der Waals surface area contributed by atoms with Crippen molar-refractivity contribution < 1.29 is 18.9 Å². The minimum absolute atomic E-state index is 0.0333. The van der Waals surface area contributed by atoms with Gasteiger partial charge in [0.05, 0.1) is 33.0 Å². The van der Waals surface area contributed by atoms with E-state index in [4.69, 9.17) is 18.9 Å². The van der Waals surface area contributed by atoms with Gasteiger partial charge in [0.2, 0.25) is 0 Å². The summed E-state index contributed by atoms with van der Waals surface area (Å²) in [4.78, 5) is 0. The molecule has 1 fully saturated rings. The third-order valence-electron chi connectivity index (χ3n) is 3.26. The van der Waals surface area contributed by atoms with E-state index < -0.39 is 0 Å². The van der Waals surface area contributed by atoms with Gasteiger partial charge in [0.1, 0.15) is 0 Å². The van der Waals surface area contributed by atoms with Crippen molar-refractivity contribution in [2.24, 2.45) is 0 Å². The summed E-state index contributed by atoms with van der Waals surface area (Å²) in [5.41, 5.74) is 1.15. The molecule has 0 N–H and O–H groups in total. The lowest BCUT2D eigenvalue weighted by atomic mass is 10.2. The molecule has 0 aliphatic carbocycles. The van der Waals surface area contributed by atoms with Crippen molar-refractivity contribution in [3.63, 3.8) is 0 Å². The summed E-state index contributed by atoms with van der Waals surface area (Å²) in [5.74, 6) is 0. The molecule has 1 aromatic rings. The van der Waals surface area contributed by atoms with Gasteiger partial charge in [-0.1, -0.05) is 34.1 Å². The highest BCUT2D eigenvalue weighted by molar-refractivity contribution is 9.10. The number of benzene rings is 1. The number of hydrogen-bond acceptors (Lipinski definition) is 4. The second-order valence-corrected chi connectivity index (χ2v) is 5.78. The van der Waals surface area contributed by atoms with Crippen LogP contribution in [0.5, 0.6) is 0 Å². The summed E-state index contributed by atoms with van der Waals surface area (Å²) < 4.78 is 23.2. The van der Waals surface area contributed by atoms with Crippen molar-refractivity contribution in [2.75, 3.05) is 33.0 Å². The topological polar surface area (TPSA) is 36.9 Å². The van der Waals surface area contributed by atoms with Crippen molar-refractivity contribution in [1.29, 1.82) is 0 Å². The average Bonchev–Trinajstić information content (AvgIpc) is 2.52. The van der Waals surface area contributed by atoms with E-state index in [1.165, 1.54) is 6.42 Å². The van der Waals surface area contributed by atoms with E-state index in [1.54, 1.807) is 0 Å². The first-order valence-corrected chi connectivity index (χ1v) is 8.27. The normalized spacial score (nSPS) is 18.8. The molecule has 0 amide bonds. The zero-order valence-electron chi connectivity index (χ0n) is 12.3. The Balaban J connectivity index is 1.42. The highest BCUT2D eigenvalue weighted by atomic mass is 79.9. The van der Waals surface area contributed by atoms with Crippen LogP contribution >= 0.6 is 15.9 Å². The molecule has 0 radical (unpaired) electrons. The van der Waals surface area contributed by atoms with Gasteiger partial charge in [0.15, 0.2) is 6.29 Å². The van der Waals surface area contributed by atoms with Crippen molar-refractivity contribution in [2.45, 2.75) is 32.2 Å². The number of ether oxygens (including phenoxy) is 4. The second kappa shape index (κ2) is 10.3. The average molecular weight is 359 g/mol. The molecule has 0 bridgehead atoms. The van der Waals surface area contributed by atoms with Crippen LogP contribution in [-0.4, -0.2) is 39.3 Å². The van der Waals surface area contributed by atoms with Gasteiger partial charge in [-0.25, -0.2) is 0 Å². The van der Waals surface area contributed by atoms with Gasteiger partial charge in [-0.2, -0.15) is 0 Å². The molecule has 1 unspecified atom stereocenters. The zero-order chi connectivity index (χ0) is 14.8. The van der Waals surface area contributed by atoms with Gasteiger partial charge in [-0.3, -0.25) is 0 Å². The summed E-state index contributed by atoms with van der Waals surface area (Å²) in [5, 5.41) is 0. The maximum absolute atomic E-state index is 5.58. The first kappa shape index (κ1) is 16.9. The smallest absolute Gasteiger partial charge is 0.157 e. The molecule has 0 saturated carbocycles. The molecule has 1 heterocycles. The summed E-state index contributed by atoms with van der Waals surface area (Å²) in [7, 11) is 0. The Bertz CT molecular complexity index is 394. The second-order valence-electron chi connectivity index (χ2n) is 4.92. The van der Waals surface area contributed by atoms with Gasteiger partial charge in [0.25, 0.3) is 0 Å². The van der Waals surface area contributed by atoms with Crippen LogP contribution in [0.4, 0.5) is 0 Å². The first-order chi connectivity index (χ1) is 10.4. The maximum atomic E-state index is 5.58. The monoisotopic (exact) mass is 358 g/mol. The van der Waals surface area contributed by atoms with Crippen LogP contribution in [0, 0.1) is 0 Å². The van der Waals surface area contributed by atoms with Crippen LogP contribution in [0.3, 0.4) is 0 Å². The van der Waals surface area contributed by atoms with Crippen LogP contribution in [0.2, 0.25) is 0 Å². The Morgan fingerprint density at radius 3 is 2.67 bits per heavy atom. The summed E-state index contributed by atoms with van der Waals surface area (Å²) >= 11 is 3.50. The van der Waals surface area contributed by atoms with Crippen molar-refractivity contribution in [3.8, 4) is 0 Å². The SMILES string of the molecule is Brc1ccccc1COCCOCCOC1CCCCO1. The van der Waals surface area contributed by atoms with E-state index in [2.05, 4.69) is 15.9 Å². The molecular formula is C16H23BrO4. The highest BCUT2D eigenvalue weighted by Gasteiger charge is 2.13. The molecule has 5 heteroatoms. The van der Waals surface area contributed by atoms with Gasteiger partial charge < -0.3 is 18.9 Å². The lowest BCUT2D eigenvalue weighted by Gasteiger charge is -2.22. The molecule has 2 rings (SSSR count). The number of hydrogen-bond donors (Lipinski definition) is 0. The molecule has 1 saturated heterocycles. The van der Waals surface area contributed by atoms with E-state index in [1.807, 2.05) is 24.3 Å². The predicted octanol–water partition coefficient (Wildman–Crippen LogP) is 3.53. The van der Waals surface area contributed by atoms with Crippen LogP contribution in [0.1, 0.15) is 24.8 Å². The lowest BCUT2D eigenvalue weighted by Crippen LogP contribution is -2.24. The third-order valence-corrected chi connectivity index (χ3v) is 4.03. The van der Waals surface area contributed by atoms with E-state index in [-0.39, 0.29) is 6.29 Å². The quantitative estimate of drug-likeness (QED) is 0.632. The van der Waals surface area contributed by atoms with Gasteiger partial charge >= 0.3 is 0 Å². The molecule has 118 valence electrons. The van der Waals surface area contributed by atoms with Crippen LogP contribution in [0.25, 0.3) is 0 Å². The van der Waals surface area contributed by atoms with E-state index >= 15 is 0 Å². The maximum Gasteiger partial charge on any atom is 0.157 e. The minimum atomic E-state index is -0.0333. The fourth-order valence-electron chi connectivity index (χ4n) is 2.10. The third kappa shape index (κ3) is 6.89. The summed E-state index contributed by atoms with van der Waals surface area (Å²) in [6.07, 6.45) is 3.29. The zero-order valence-corrected chi connectivity index (χ0v) is 13.8. The number of rotatable bonds is 9. The Labute approximate surface area is 134 Å². The Hall–Kier alpha value is -0.460. The Morgan fingerprint density at radius 2 is 1.86 bits per heavy atom. The van der Waals surface area contributed by atoms with Crippen molar-refractivity contribution in [1.82, 2.24) is 0 Å². The van der Waals surface area contributed by atoms with Crippen LogP contribution in [-0.2, 0) is 25.6 Å². The van der Waals surface area contributed by atoms with E-state index in [9.17, 15) is 0 Å². The standard InChI is InChI=1S/C16H23BrO4/c17-15-6-2-1-5-14(15)13-19-10-9-18-11-12-21-16-7-3-4-8-20-16/h1-2,5-6,16H,3-4,7-13H2. The molecular weight excluding hydrogens is 336 g/mol. The Kier molecular flexibility index (Phi) is 8.29.